The first-order chi connectivity index (χ1) is 5.78. The number of carbonyl (C=O) groups is 3. The number of carboxylic acids is 3. The number of carboxylic acid groups (broad SMARTS) is 3. The molecule has 84 valence electrons. The molecule has 0 heterocycles. The second-order valence-corrected chi connectivity index (χ2v) is 2.48. The van der Waals surface area contributed by atoms with Gasteiger partial charge >= 0.3 is 172 Å². The maximum absolute atomic E-state index is 10.3. The van der Waals surface area contributed by atoms with Crippen molar-refractivity contribution in [2.45, 2.75) is 18.4 Å². The fraction of sp³-hybridized carbons (Fsp3) is 0.500. The summed E-state index contributed by atoms with van der Waals surface area (Å²) in [6.07, 6.45) is -2.29. The van der Waals surface area contributed by atoms with Gasteiger partial charge in [-0.25, -0.2) is 4.79 Å². The number of aliphatic carboxylic acids is 3. The van der Waals surface area contributed by atoms with Crippen LogP contribution in [0.2, 0.25) is 0 Å². The van der Waals surface area contributed by atoms with Gasteiger partial charge in [-0.05, 0) is 0 Å². The van der Waals surface area contributed by atoms with Crippen LogP contribution in [0, 0.1) is 0 Å². The molecule has 0 aromatic heterocycles. The van der Waals surface area contributed by atoms with Crippen LogP contribution >= 0.6 is 0 Å². The summed E-state index contributed by atoms with van der Waals surface area (Å²) in [5, 5.41) is 33.8. The third-order valence-corrected chi connectivity index (χ3v) is 1.29. The molecule has 0 aliphatic heterocycles. The van der Waals surface area contributed by atoms with E-state index < -0.39 is 36.4 Å². The van der Waals surface area contributed by atoms with Gasteiger partial charge in [-0.3, -0.25) is 9.59 Å². The van der Waals surface area contributed by atoms with E-state index in [9.17, 15) is 14.4 Å². The Kier molecular flexibility index (Phi) is 31.6. The van der Waals surface area contributed by atoms with Crippen LogP contribution in [0.15, 0.2) is 0 Å². The standard InChI is InChI=1S/C6H8O7.3K.Ti.3H/c7-3(8)1-6(13,5(11)12)2-4(9)10;;;;;;;/h13H,1-2H2,(H,7,8)(H,9,10)(H,11,12);;;;;;;. The van der Waals surface area contributed by atoms with E-state index in [1.165, 1.54) is 0 Å². The van der Waals surface area contributed by atoms with Crippen molar-refractivity contribution in [3.05, 3.63) is 0 Å². The normalized spacial score (nSPS) is 8.29. The van der Waals surface area contributed by atoms with Crippen LogP contribution in [0.3, 0.4) is 0 Å². The van der Waals surface area contributed by atoms with Gasteiger partial charge in [0.2, 0.25) is 0 Å². The summed E-state index contributed by atoms with van der Waals surface area (Å²) in [6.45, 7) is 0. The molecule has 0 amide bonds. The minimum Gasteiger partial charge on any atom is 0 e. The monoisotopic (exact) mass is 360 g/mol. The van der Waals surface area contributed by atoms with Crippen LogP contribution in [0.5, 0.6) is 0 Å². The number of rotatable bonds is 5. The van der Waals surface area contributed by atoms with Gasteiger partial charge in [0.1, 0.15) is 0 Å². The maximum atomic E-state index is 10.3. The van der Waals surface area contributed by atoms with E-state index >= 15 is 0 Å². The Balaban J connectivity index is -0.000000120. The van der Waals surface area contributed by atoms with E-state index in [1.807, 2.05) is 0 Å². The summed E-state index contributed by atoms with van der Waals surface area (Å²) in [5.41, 5.74) is -2.74. The first kappa shape index (κ1) is 32.8. The Bertz CT molecular complexity index is 244. The molecule has 0 aliphatic carbocycles. The minimum atomic E-state index is -2.74. The van der Waals surface area contributed by atoms with Gasteiger partial charge in [0.25, 0.3) is 0 Å². The summed E-state index contributed by atoms with van der Waals surface area (Å²) >= 11 is 0. The zero-order valence-electron chi connectivity index (χ0n) is 6.93. The fourth-order valence-corrected chi connectivity index (χ4v) is 0.714. The number of aliphatic hydroxyl groups is 1. The van der Waals surface area contributed by atoms with Crippen LogP contribution in [-0.4, -0.2) is 198 Å². The minimum absolute atomic E-state index is 0. The van der Waals surface area contributed by atoms with Crippen LogP contribution in [0.25, 0.3) is 0 Å². The zero-order chi connectivity index (χ0) is 10.6. The molecule has 7 nitrogen and oxygen atoms in total. The number of hydrogen-bond donors (Lipinski definition) is 4. The third kappa shape index (κ3) is 16.2. The van der Waals surface area contributed by atoms with Crippen LogP contribution in [0.1, 0.15) is 12.8 Å². The van der Waals surface area contributed by atoms with Crippen molar-refractivity contribution >= 4 is 172 Å². The second-order valence-electron chi connectivity index (χ2n) is 2.48. The largest absolute Gasteiger partial charge is 0 e. The smallest absolute Gasteiger partial charge is 0 e. The molecule has 0 rings (SSSR count). The summed E-state index contributed by atoms with van der Waals surface area (Å²) in [4.78, 5) is 30.5. The molecule has 4 N–H and O–H groups in total. The van der Waals surface area contributed by atoms with Crippen LogP contribution < -0.4 is 0 Å². The van der Waals surface area contributed by atoms with E-state index in [1.54, 1.807) is 0 Å². The van der Waals surface area contributed by atoms with Gasteiger partial charge in [0.15, 0.2) is 5.60 Å². The van der Waals surface area contributed by atoms with Crippen molar-refractivity contribution in [3.8, 4) is 0 Å². The summed E-state index contributed by atoms with van der Waals surface area (Å²) in [5.74, 6) is -5.02. The van der Waals surface area contributed by atoms with Gasteiger partial charge < -0.3 is 20.4 Å². The average Bonchev–Trinajstić information content (AvgIpc) is 1.82. The summed E-state index contributed by atoms with van der Waals surface area (Å²) < 4.78 is 0. The Labute approximate surface area is 240 Å². The molecule has 0 bridgehead atoms. The van der Waals surface area contributed by atoms with Crippen LogP contribution in [0.4, 0.5) is 0 Å². The predicted molar refractivity (Wildman–Crippen MR) is 58.5 cm³/mol. The van der Waals surface area contributed by atoms with Crippen molar-refractivity contribution in [2.24, 2.45) is 0 Å². The molecule has 0 spiro atoms. The van der Waals surface area contributed by atoms with Crippen molar-refractivity contribution < 1.29 is 56.5 Å². The molecule has 0 aliphatic rings. The quantitative estimate of drug-likeness (QED) is 0.380. The Morgan fingerprint density at radius 1 is 0.824 bits per heavy atom. The summed E-state index contributed by atoms with van der Waals surface area (Å²) in [7, 11) is 0. The van der Waals surface area contributed by atoms with Gasteiger partial charge in [0.05, 0.1) is 12.8 Å². The molecule has 0 aromatic rings. The van der Waals surface area contributed by atoms with Gasteiger partial charge in [0, 0.05) is 21.7 Å². The van der Waals surface area contributed by atoms with Gasteiger partial charge in [-0.1, -0.05) is 0 Å². The van der Waals surface area contributed by atoms with E-state index in [4.69, 9.17) is 20.4 Å². The topological polar surface area (TPSA) is 132 Å². The molecule has 0 atom stereocenters. The molecular weight excluding hydrogens is 349 g/mol. The molecule has 0 saturated carbocycles. The first-order valence-electron chi connectivity index (χ1n) is 3.17. The molecule has 17 heavy (non-hydrogen) atoms. The van der Waals surface area contributed by atoms with Crippen LogP contribution in [-0.2, 0) is 36.1 Å². The van der Waals surface area contributed by atoms with E-state index in [0.29, 0.717) is 0 Å². The van der Waals surface area contributed by atoms with Gasteiger partial charge in [-0.2, -0.15) is 0 Å². The molecular formula is C6H11K3O7Ti. The first-order valence-corrected chi connectivity index (χ1v) is 3.17. The van der Waals surface area contributed by atoms with Gasteiger partial charge in [-0.15, -0.1) is 0 Å². The Hall–Kier alpha value is 3.99. The summed E-state index contributed by atoms with van der Waals surface area (Å²) in [6, 6.07) is 0. The van der Waals surface area contributed by atoms with E-state index in [0.717, 1.165) is 0 Å². The molecule has 0 saturated heterocycles. The molecule has 0 aromatic carbocycles. The van der Waals surface area contributed by atoms with Crippen molar-refractivity contribution in [1.82, 2.24) is 0 Å². The Morgan fingerprint density at radius 2 is 1.06 bits per heavy atom. The zero-order valence-corrected chi connectivity index (χ0v) is 8.49. The second kappa shape index (κ2) is 16.4. The Morgan fingerprint density at radius 3 is 1.18 bits per heavy atom. The number of hydrogen-bond acceptors (Lipinski definition) is 4. The van der Waals surface area contributed by atoms with E-state index in [-0.39, 0.29) is 176 Å². The fourth-order valence-electron chi connectivity index (χ4n) is 0.714. The van der Waals surface area contributed by atoms with Crippen molar-refractivity contribution in [1.29, 1.82) is 0 Å². The molecule has 0 unspecified atom stereocenters. The molecule has 11 heteroatoms. The molecule has 0 fully saturated rings. The maximum Gasteiger partial charge on any atom is 0 e. The predicted octanol–water partition coefficient (Wildman–Crippen LogP) is -3.20. The molecule has 0 radical (unpaired) electrons. The van der Waals surface area contributed by atoms with Crippen molar-refractivity contribution in [3.63, 3.8) is 0 Å². The SMILES string of the molecule is O=C(O)CC(O)(CC(=O)O)C(=O)O.[KH].[KH].[KH].[Ti]. The van der Waals surface area contributed by atoms with Crippen molar-refractivity contribution in [2.75, 3.05) is 0 Å². The van der Waals surface area contributed by atoms with E-state index in [2.05, 4.69) is 0 Å². The third-order valence-electron chi connectivity index (χ3n) is 1.29. The average molecular weight is 360 g/mol.